The Morgan fingerprint density at radius 2 is 1.23 bits per heavy atom. The van der Waals surface area contributed by atoms with E-state index in [1.54, 1.807) is 0 Å². The predicted molar refractivity (Wildman–Crippen MR) is 57.3 cm³/mol. The van der Waals surface area contributed by atoms with Crippen molar-refractivity contribution < 1.29 is 22.3 Å². The molecule has 0 rings (SSSR count). The first-order valence-electron chi connectivity index (χ1n) is 2.88. The van der Waals surface area contributed by atoms with Crippen molar-refractivity contribution in [3.8, 4) is 0 Å². The highest BCUT2D eigenvalue weighted by atomic mass is 127. The van der Waals surface area contributed by atoms with Gasteiger partial charge in [0.1, 0.15) is 12.5 Å². The minimum absolute atomic E-state index is 0.340. The molecule has 0 aliphatic rings. The number of ether oxygens (including phenoxy) is 1. The van der Waals surface area contributed by atoms with Gasteiger partial charge in [-0.25, -0.2) is 17.6 Å². The van der Waals surface area contributed by atoms with E-state index in [9.17, 15) is 17.6 Å². The number of hydrogen-bond donors (Lipinski definition) is 0. The van der Waals surface area contributed by atoms with Crippen molar-refractivity contribution in [2.45, 2.75) is 12.9 Å². The van der Waals surface area contributed by atoms with Gasteiger partial charge in [0, 0.05) is 0 Å². The normalized spacial score (nSPS) is 14.2. The van der Waals surface area contributed by atoms with Gasteiger partial charge in [-0.3, -0.25) is 0 Å². The molecule has 0 spiro atoms. The fraction of sp³-hybridized carbons (Fsp3) is 0.333. The standard InChI is InChI=1S/C6H4F4I2O/c7-5(8)3(11)1-13-2-4(12)6(9)10/h1-2,5-6H/b3-1+,4-2+. The van der Waals surface area contributed by atoms with Crippen LogP contribution in [-0.2, 0) is 4.74 Å². The average Bonchev–Trinajstić information content (AvgIpc) is 2.03. The SMILES string of the molecule is FC(F)/C(I)=C\O/C=C(/I)C(F)F. The Bertz CT molecular complexity index is 193. The van der Waals surface area contributed by atoms with Gasteiger partial charge in [0.05, 0.1) is 7.16 Å². The molecule has 0 aromatic heterocycles. The number of alkyl halides is 4. The van der Waals surface area contributed by atoms with Gasteiger partial charge < -0.3 is 4.74 Å². The molecule has 0 aliphatic heterocycles. The molecule has 76 valence electrons. The highest BCUT2D eigenvalue weighted by molar-refractivity contribution is 14.1. The third-order valence-corrected chi connectivity index (χ3v) is 2.23. The van der Waals surface area contributed by atoms with Crippen LogP contribution in [0.1, 0.15) is 0 Å². The maximum absolute atomic E-state index is 11.8. The van der Waals surface area contributed by atoms with Gasteiger partial charge in [0.15, 0.2) is 0 Å². The highest BCUT2D eigenvalue weighted by Gasteiger charge is 2.08. The Kier molecular flexibility index (Phi) is 7.09. The van der Waals surface area contributed by atoms with Gasteiger partial charge in [-0.2, -0.15) is 0 Å². The Hall–Kier alpha value is 0.460. The van der Waals surface area contributed by atoms with E-state index < -0.39 is 12.9 Å². The fourth-order valence-electron chi connectivity index (χ4n) is 0.267. The summed E-state index contributed by atoms with van der Waals surface area (Å²) in [5, 5.41) is 0. The molecule has 0 N–H and O–H groups in total. The maximum atomic E-state index is 11.8. The summed E-state index contributed by atoms with van der Waals surface area (Å²) in [4.78, 5) is 0. The van der Waals surface area contributed by atoms with Crippen molar-refractivity contribution >= 4 is 45.2 Å². The topological polar surface area (TPSA) is 9.23 Å². The Balaban J connectivity index is 4.04. The molecular weight excluding hydrogens is 418 g/mol. The third-order valence-electron chi connectivity index (χ3n) is 0.778. The predicted octanol–water partition coefficient (Wildman–Crippen LogP) is 4.09. The quantitative estimate of drug-likeness (QED) is 0.377. The maximum Gasteiger partial charge on any atom is 0.272 e. The van der Waals surface area contributed by atoms with Crippen LogP contribution in [0, 0.1) is 0 Å². The molecule has 0 heterocycles. The van der Waals surface area contributed by atoms with Gasteiger partial charge in [-0.15, -0.1) is 0 Å². The smallest absolute Gasteiger partial charge is 0.272 e. The zero-order valence-corrected chi connectivity index (χ0v) is 10.3. The van der Waals surface area contributed by atoms with E-state index in [-0.39, 0.29) is 7.16 Å². The zero-order valence-electron chi connectivity index (χ0n) is 5.99. The minimum atomic E-state index is -2.64. The van der Waals surface area contributed by atoms with Crippen LogP contribution in [0.5, 0.6) is 0 Å². The summed E-state index contributed by atoms with van der Waals surface area (Å²) < 4.78 is 50.8. The minimum Gasteiger partial charge on any atom is -0.471 e. The van der Waals surface area contributed by atoms with Crippen molar-refractivity contribution in [3.63, 3.8) is 0 Å². The molecule has 0 unspecified atom stereocenters. The van der Waals surface area contributed by atoms with Crippen molar-refractivity contribution in [1.29, 1.82) is 0 Å². The van der Waals surface area contributed by atoms with E-state index >= 15 is 0 Å². The van der Waals surface area contributed by atoms with Gasteiger partial charge >= 0.3 is 0 Å². The van der Waals surface area contributed by atoms with Crippen molar-refractivity contribution in [2.24, 2.45) is 0 Å². The summed E-state index contributed by atoms with van der Waals surface area (Å²) in [6.07, 6.45) is -3.82. The molecule has 13 heavy (non-hydrogen) atoms. The van der Waals surface area contributed by atoms with Crippen LogP contribution < -0.4 is 0 Å². The van der Waals surface area contributed by atoms with Gasteiger partial charge in [-0.05, 0) is 45.2 Å². The lowest BCUT2D eigenvalue weighted by molar-refractivity contribution is 0.193. The van der Waals surface area contributed by atoms with Crippen LogP contribution >= 0.6 is 45.2 Å². The molecule has 1 nitrogen and oxygen atoms in total. The van der Waals surface area contributed by atoms with E-state index in [4.69, 9.17) is 0 Å². The van der Waals surface area contributed by atoms with Crippen LogP contribution in [0.15, 0.2) is 19.7 Å². The van der Waals surface area contributed by atoms with Gasteiger partial charge in [0.25, 0.3) is 12.9 Å². The first-order chi connectivity index (χ1) is 5.95. The van der Waals surface area contributed by atoms with E-state index in [0.717, 1.165) is 12.5 Å². The molecule has 7 heteroatoms. The number of rotatable bonds is 4. The zero-order chi connectivity index (χ0) is 10.4. The second kappa shape index (κ2) is 6.85. The second-order valence-electron chi connectivity index (χ2n) is 1.74. The monoisotopic (exact) mass is 422 g/mol. The molecule has 0 amide bonds. The number of allylic oxidation sites excluding steroid dienone is 2. The van der Waals surface area contributed by atoms with E-state index in [1.807, 2.05) is 0 Å². The third kappa shape index (κ3) is 6.52. The Labute approximate surface area is 99.5 Å². The molecule has 0 saturated carbocycles. The summed E-state index contributed by atoms with van der Waals surface area (Å²) in [7, 11) is 0. The second-order valence-corrected chi connectivity index (χ2v) is 4.23. The first-order valence-corrected chi connectivity index (χ1v) is 5.03. The lowest BCUT2D eigenvalue weighted by atomic mass is 10.6. The molecule has 0 aromatic rings. The first kappa shape index (κ1) is 13.5. The van der Waals surface area contributed by atoms with Crippen LogP contribution in [0.4, 0.5) is 17.6 Å². The van der Waals surface area contributed by atoms with Crippen LogP contribution in [-0.4, -0.2) is 12.9 Å². The average molecular weight is 422 g/mol. The van der Waals surface area contributed by atoms with Crippen LogP contribution in [0.3, 0.4) is 0 Å². The largest absolute Gasteiger partial charge is 0.471 e. The van der Waals surface area contributed by atoms with E-state index in [1.165, 1.54) is 45.2 Å². The highest BCUT2D eigenvalue weighted by Crippen LogP contribution is 2.19. The lowest BCUT2D eigenvalue weighted by Crippen LogP contribution is -1.90. The lowest BCUT2D eigenvalue weighted by Gasteiger charge is -1.98. The van der Waals surface area contributed by atoms with Crippen molar-refractivity contribution in [1.82, 2.24) is 0 Å². The molecule has 0 bridgehead atoms. The number of hydrogen-bond acceptors (Lipinski definition) is 1. The van der Waals surface area contributed by atoms with Gasteiger partial charge in [0.2, 0.25) is 0 Å². The summed E-state index contributed by atoms with van der Waals surface area (Å²) in [6, 6.07) is 0. The molecule has 0 saturated heterocycles. The van der Waals surface area contributed by atoms with Crippen LogP contribution in [0.2, 0.25) is 0 Å². The molecule has 0 aliphatic carbocycles. The number of halogens is 6. The van der Waals surface area contributed by atoms with E-state index in [2.05, 4.69) is 4.74 Å². The summed E-state index contributed by atoms with van der Waals surface area (Å²) in [6.45, 7) is 0. The van der Waals surface area contributed by atoms with Crippen molar-refractivity contribution in [2.75, 3.05) is 0 Å². The molecular formula is C6H4F4I2O. The molecule has 0 fully saturated rings. The molecule has 0 aromatic carbocycles. The van der Waals surface area contributed by atoms with E-state index in [0.29, 0.717) is 0 Å². The van der Waals surface area contributed by atoms with Gasteiger partial charge in [-0.1, -0.05) is 0 Å². The fourth-order valence-corrected chi connectivity index (χ4v) is 0.560. The van der Waals surface area contributed by atoms with Crippen LogP contribution in [0.25, 0.3) is 0 Å². The summed E-state index contributed by atoms with van der Waals surface area (Å²) >= 11 is 2.73. The molecule has 0 radical (unpaired) electrons. The Morgan fingerprint density at radius 1 is 0.923 bits per heavy atom. The van der Waals surface area contributed by atoms with Crippen molar-refractivity contribution in [3.05, 3.63) is 19.7 Å². The Morgan fingerprint density at radius 3 is 1.46 bits per heavy atom. The molecule has 0 atom stereocenters. The summed E-state index contributed by atoms with van der Waals surface area (Å²) in [5.41, 5.74) is 0. The summed E-state index contributed by atoms with van der Waals surface area (Å²) in [5.74, 6) is 0.